The normalized spacial score (nSPS) is 35.2. The predicted octanol–water partition coefficient (Wildman–Crippen LogP) is 8.07. The van der Waals surface area contributed by atoms with Crippen LogP contribution in [-0.2, 0) is 24.2 Å². The van der Waals surface area contributed by atoms with Gasteiger partial charge >= 0.3 is 145 Å². The summed E-state index contributed by atoms with van der Waals surface area (Å²) in [6.07, 6.45) is 39.3. The fraction of sp³-hybridized carbons (Fsp3) is 0.309. The Hall–Kier alpha value is -3.35. The Morgan fingerprint density at radius 1 is 0.603 bits per heavy atom. The fourth-order valence-corrected chi connectivity index (χ4v) is 13.7. The molecule has 296 valence electrons. The molecular weight excluding hydrogens is 823 g/mol. The van der Waals surface area contributed by atoms with Crippen molar-refractivity contribution < 1.29 is 49.0 Å². The standard InChI is InChI=1S/C29H37.C21H14.C5H5.2ClH.Zr/c1-21-14-13-15-22-20-27(6)25(4)18-10-9-16-23(25,2)24(3)17-11-12-19-26(24,5)29(27,8)28(21,22)7;1-3-13-20-16(7-1)9-5-11-18(20)15-19-12-6-10-17-8-2-4-14-21(17)19;1-2-4-5-3-1;;;/h9-20,22H,1-8H3;1-14H;1-3H,4H2;2*1H;/q-1;;-1;;;+2/p-2. The Labute approximate surface area is 375 Å². The van der Waals surface area contributed by atoms with Gasteiger partial charge in [0.15, 0.2) is 0 Å². The Bertz CT molecular complexity index is 2390. The molecule has 58 heavy (non-hydrogen) atoms. The summed E-state index contributed by atoms with van der Waals surface area (Å²) in [5.41, 5.74) is 4.44. The van der Waals surface area contributed by atoms with E-state index in [1.54, 1.807) is 0 Å². The Morgan fingerprint density at radius 3 is 1.59 bits per heavy atom. The van der Waals surface area contributed by atoms with Gasteiger partial charge in [-0.05, 0) is 28.6 Å². The first kappa shape index (κ1) is 44.2. The van der Waals surface area contributed by atoms with E-state index in [2.05, 4.69) is 226 Å². The van der Waals surface area contributed by atoms with Gasteiger partial charge in [0.2, 0.25) is 0 Å². The third-order valence-electron chi connectivity index (χ3n) is 16.7. The van der Waals surface area contributed by atoms with Crippen LogP contribution in [0.1, 0.15) is 72.9 Å². The predicted molar refractivity (Wildman–Crippen MR) is 237 cm³/mol. The Balaban J connectivity index is 0.000000173. The molecular formula is C55H56Cl2Zr-2. The molecule has 0 radical (unpaired) electrons. The van der Waals surface area contributed by atoms with Crippen molar-refractivity contribution in [2.24, 2.45) is 43.8 Å². The first-order chi connectivity index (χ1) is 26.7. The summed E-state index contributed by atoms with van der Waals surface area (Å²) in [5.74, 6) is 0.460. The zero-order valence-electron chi connectivity index (χ0n) is 35.3. The zero-order valence-corrected chi connectivity index (χ0v) is 39.3. The van der Waals surface area contributed by atoms with E-state index in [9.17, 15) is 0 Å². The summed E-state index contributed by atoms with van der Waals surface area (Å²) in [4.78, 5) is 0. The van der Waals surface area contributed by atoms with Crippen molar-refractivity contribution in [2.75, 3.05) is 0 Å². The molecule has 0 aromatic heterocycles. The average Bonchev–Trinajstić information content (AvgIpc) is 3.87. The Kier molecular flexibility index (Phi) is 12.1. The summed E-state index contributed by atoms with van der Waals surface area (Å²) in [7, 11) is 0. The molecule has 0 N–H and O–H groups in total. The van der Waals surface area contributed by atoms with Crippen LogP contribution in [0.2, 0.25) is 0 Å². The molecule has 0 spiro atoms. The van der Waals surface area contributed by atoms with Crippen LogP contribution >= 0.6 is 0 Å². The van der Waals surface area contributed by atoms with Gasteiger partial charge in [0.25, 0.3) is 0 Å². The summed E-state index contributed by atoms with van der Waals surface area (Å²) >= 11 is 1.44. The summed E-state index contributed by atoms with van der Waals surface area (Å²) in [6.45, 7) is 20.3. The van der Waals surface area contributed by atoms with Crippen molar-refractivity contribution in [2.45, 2.75) is 61.8 Å². The maximum absolute atomic E-state index is 2.99. The summed E-state index contributed by atoms with van der Waals surface area (Å²) in [5, 5.41) is 5.29. The van der Waals surface area contributed by atoms with Gasteiger partial charge in [-0.3, -0.25) is 6.08 Å². The molecule has 3 heteroatoms. The molecule has 0 nitrogen and oxygen atoms in total. The average molecular weight is 879 g/mol. The fourth-order valence-electron chi connectivity index (χ4n) is 12.6. The van der Waals surface area contributed by atoms with Gasteiger partial charge in [-0.25, -0.2) is 12.2 Å². The molecule has 4 aromatic carbocycles. The van der Waals surface area contributed by atoms with Crippen molar-refractivity contribution >= 4 is 24.8 Å². The van der Waals surface area contributed by atoms with Gasteiger partial charge in [-0.2, -0.15) is 6.08 Å². The van der Waals surface area contributed by atoms with E-state index in [-0.39, 0.29) is 62.7 Å². The molecule has 0 amide bonds. The second kappa shape index (κ2) is 15.9. The number of halogens is 2. The number of benzene rings is 4. The number of rotatable bonds is 2. The third-order valence-corrected chi connectivity index (χ3v) is 18.1. The molecule has 0 aliphatic heterocycles. The van der Waals surface area contributed by atoms with Gasteiger partial charge < -0.3 is 31.2 Å². The quantitative estimate of drug-likeness (QED) is 0.179. The first-order valence-electron chi connectivity index (χ1n) is 20.5. The van der Waals surface area contributed by atoms with Crippen molar-refractivity contribution in [3.05, 3.63) is 199 Å². The SMILES string of the molecule is CC1=CC=CC2[CH-]C3(C)C4(C)C=CC=CC4(C)C4(C)C=CC=CC4(C)C3(C)C12C.[C-]1=CC=CC1.[Cl-].[Cl-].[Zr+2]=[C](c1cccc2ccccc12)c1cccc2ccccc12. The van der Waals surface area contributed by atoms with E-state index in [1.807, 2.05) is 12.2 Å². The number of hydrogen-bond donors (Lipinski definition) is 0. The van der Waals surface area contributed by atoms with Crippen molar-refractivity contribution in [3.8, 4) is 0 Å². The molecule has 2 saturated carbocycles. The molecule has 6 aliphatic rings. The van der Waals surface area contributed by atoms with Gasteiger partial charge in [-0.15, -0.1) is 23.8 Å². The molecule has 8 atom stereocenters. The van der Waals surface area contributed by atoms with E-state index in [0.29, 0.717) is 5.92 Å². The topological polar surface area (TPSA) is 0 Å². The van der Waals surface area contributed by atoms with Gasteiger partial charge in [0.1, 0.15) is 0 Å². The maximum atomic E-state index is 2.99. The number of hydrogen-bond acceptors (Lipinski definition) is 0. The Morgan fingerprint density at radius 2 is 1.09 bits per heavy atom. The van der Waals surface area contributed by atoms with E-state index < -0.39 is 0 Å². The van der Waals surface area contributed by atoms with Gasteiger partial charge in [0, 0.05) is 10.8 Å². The van der Waals surface area contributed by atoms with E-state index in [0.717, 1.165) is 6.42 Å². The van der Waals surface area contributed by atoms with Crippen LogP contribution in [0, 0.1) is 56.3 Å². The first-order valence-corrected chi connectivity index (χ1v) is 21.7. The van der Waals surface area contributed by atoms with E-state index in [1.165, 1.54) is 65.7 Å². The molecule has 6 aliphatic carbocycles. The van der Waals surface area contributed by atoms with Crippen LogP contribution in [0.4, 0.5) is 0 Å². The number of fused-ring (bicyclic) bond motifs is 10. The van der Waals surface area contributed by atoms with Crippen LogP contribution in [0.5, 0.6) is 0 Å². The molecule has 0 saturated heterocycles. The number of allylic oxidation sites excluding steroid dienone is 16. The third kappa shape index (κ3) is 5.80. The molecule has 2 fully saturated rings. The zero-order chi connectivity index (χ0) is 39.6. The van der Waals surface area contributed by atoms with E-state index >= 15 is 0 Å². The molecule has 10 rings (SSSR count). The van der Waals surface area contributed by atoms with Crippen LogP contribution in [0.25, 0.3) is 21.5 Å². The second-order valence-corrected chi connectivity index (χ2v) is 19.4. The van der Waals surface area contributed by atoms with Crippen LogP contribution in [-0.4, -0.2) is 3.21 Å². The summed E-state index contributed by atoms with van der Waals surface area (Å²) in [6, 6.07) is 30.4. The van der Waals surface area contributed by atoms with Crippen LogP contribution in [0.3, 0.4) is 0 Å². The minimum absolute atomic E-state index is 0. The molecule has 0 bridgehead atoms. The van der Waals surface area contributed by atoms with Crippen molar-refractivity contribution in [1.29, 1.82) is 0 Å². The van der Waals surface area contributed by atoms with Gasteiger partial charge in [-0.1, -0.05) is 115 Å². The summed E-state index contributed by atoms with van der Waals surface area (Å²) < 4.78 is 1.42. The van der Waals surface area contributed by atoms with E-state index in [4.69, 9.17) is 0 Å². The van der Waals surface area contributed by atoms with Gasteiger partial charge in [0.05, 0.1) is 0 Å². The van der Waals surface area contributed by atoms with Crippen LogP contribution in [0.15, 0.2) is 176 Å². The second-order valence-electron chi connectivity index (χ2n) is 18.1. The van der Waals surface area contributed by atoms with Crippen molar-refractivity contribution in [1.82, 2.24) is 0 Å². The van der Waals surface area contributed by atoms with Crippen LogP contribution < -0.4 is 24.8 Å². The monoisotopic (exact) mass is 876 g/mol. The minimum atomic E-state index is 0. The molecule has 4 aromatic rings. The molecule has 0 heterocycles. The molecule has 8 unspecified atom stereocenters. The van der Waals surface area contributed by atoms with Crippen molar-refractivity contribution in [3.63, 3.8) is 0 Å².